The van der Waals surface area contributed by atoms with E-state index >= 15 is 0 Å². The number of hydrogen-bond donors (Lipinski definition) is 0. The summed E-state index contributed by atoms with van der Waals surface area (Å²) in [5, 5.41) is 5.16. The molecule has 0 spiro atoms. The third-order valence-electron chi connectivity index (χ3n) is 11.1. The van der Waals surface area contributed by atoms with Crippen LogP contribution in [0.4, 0.5) is 17.1 Å². The molecule has 0 atom stereocenters. The Morgan fingerprint density at radius 1 is 0.263 bits per heavy atom. The van der Waals surface area contributed by atoms with Crippen molar-refractivity contribution in [1.82, 2.24) is 0 Å². The van der Waals surface area contributed by atoms with Crippen LogP contribution in [0.2, 0.25) is 0 Å². The first-order valence-corrected chi connectivity index (χ1v) is 21.0. The molecule has 0 unspecified atom stereocenters. The summed E-state index contributed by atoms with van der Waals surface area (Å²) in [6.45, 7) is 0. The van der Waals surface area contributed by atoms with Gasteiger partial charge in [-0.2, -0.15) is 0 Å². The van der Waals surface area contributed by atoms with Crippen molar-refractivity contribution in [2.24, 2.45) is 0 Å². The predicted octanol–water partition coefficient (Wildman–Crippen LogP) is 16.6. The van der Waals surface area contributed by atoms with Crippen molar-refractivity contribution in [1.29, 1.82) is 0 Å². The maximum Gasteiger partial charge on any atom is 0.0640 e. The normalized spacial score (nSPS) is 11.5. The molecular formula is C54H35NS2. The van der Waals surface area contributed by atoms with Crippen molar-refractivity contribution in [3.05, 3.63) is 212 Å². The molecule has 0 aliphatic heterocycles. The molecule has 0 radical (unpaired) electrons. The second-order valence-electron chi connectivity index (χ2n) is 14.4. The number of hydrogen-bond acceptors (Lipinski definition) is 3. The van der Waals surface area contributed by atoms with E-state index in [2.05, 4.69) is 217 Å². The molecule has 2 aromatic heterocycles. The molecule has 0 saturated heterocycles. The van der Waals surface area contributed by atoms with Crippen LogP contribution in [0.15, 0.2) is 212 Å². The van der Waals surface area contributed by atoms with Gasteiger partial charge in [0.1, 0.15) is 0 Å². The van der Waals surface area contributed by atoms with E-state index in [1.165, 1.54) is 84.9 Å². The first kappa shape index (κ1) is 33.5. The summed E-state index contributed by atoms with van der Waals surface area (Å²) in [6.07, 6.45) is 0. The molecule has 0 aliphatic rings. The predicted molar refractivity (Wildman–Crippen MR) is 249 cm³/mol. The number of nitrogens with zero attached hydrogens (tertiary/aromatic N) is 1. The zero-order valence-electron chi connectivity index (χ0n) is 31.0. The quantitative estimate of drug-likeness (QED) is 0.156. The molecule has 268 valence electrons. The molecule has 3 heteroatoms. The van der Waals surface area contributed by atoms with Gasteiger partial charge in [0.05, 0.1) is 21.8 Å². The lowest BCUT2D eigenvalue weighted by molar-refractivity contribution is 1.30. The van der Waals surface area contributed by atoms with E-state index < -0.39 is 0 Å². The second-order valence-corrected chi connectivity index (χ2v) is 16.5. The van der Waals surface area contributed by atoms with Gasteiger partial charge in [-0.15, -0.1) is 22.7 Å². The molecule has 11 aromatic rings. The van der Waals surface area contributed by atoms with Gasteiger partial charge in [-0.25, -0.2) is 0 Å². The van der Waals surface area contributed by atoms with Gasteiger partial charge < -0.3 is 4.90 Å². The Hall–Kier alpha value is -6.78. The summed E-state index contributed by atoms with van der Waals surface area (Å²) in [5.41, 5.74) is 13.0. The Balaban J connectivity index is 1.27. The first-order chi connectivity index (χ1) is 28.3. The van der Waals surface area contributed by atoms with Gasteiger partial charge >= 0.3 is 0 Å². The molecule has 0 fully saturated rings. The fourth-order valence-electron chi connectivity index (χ4n) is 8.59. The van der Waals surface area contributed by atoms with Gasteiger partial charge in [-0.05, 0) is 58.1 Å². The average Bonchev–Trinajstić information content (AvgIpc) is 3.87. The Kier molecular flexibility index (Phi) is 8.28. The van der Waals surface area contributed by atoms with Crippen LogP contribution in [0.1, 0.15) is 0 Å². The molecule has 0 aliphatic carbocycles. The third-order valence-corrected chi connectivity index (χ3v) is 13.5. The van der Waals surface area contributed by atoms with Crippen molar-refractivity contribution >= 4 is 80.1 Å². The first-order valence-electron chi connectivity index (χ1n) is 19.4. The van der Waals surface area contributed by atoms with Crippen molar-refractivity contribution in [3.8, 4) is 44.5 Å². The van der Waals surface area contributed by atoms with Crippen LogP contribution in [-0.4, -0.2) is 0 Å². The number of thiophene rings is 2. The van der Waals surface area contributed by atoms with Crippen molar-refractivity contribution in [2.75, 3.05) is 4.90 Å². The molecular weight excluding hydrogens is 727 g/mol. The minimum atomic E-state index is 1.13. The minimum absolute atomic E-state index is 1.13. The summed E-state index contributed by atoms with van der Waals surface area (Å²) in [5.74, 6) is 0. The van der Waals surface area contributed by atoms with E-state index in [1.54, 1.807) is 0 Å². The summed E-state index contributed by atoms with van der Waals surface area (Å²) >= 11 is 3.76. The van der Waals surface area contributed by atoms with Crippen molar-refractivity contribution in [3.63, 3.8) is 0 Å². The van der Waals surface area contributed by atoms with Gasteiger partial charge in [0.25, 0.3) is 0 Å². The number of para-hydroxylation sites is 1. The van der Waals surface area contributed by atoms with Crippen molar-refractivity contribution in [2.45, 2.75) is 0 Å². The van der Waals surface area contributed by atoms with E-state index in [9.17, 15) is 0 Å². The highest BCUT2D eigenvalue weighted by atomic mass is 32.1. The van der Waals surface area contributed by atoms with Gasteiger partial charge in [-0.3, -0.25) is 0 Å². The highest BCUT2D eigenvalue weighted by Crippen LogP contribution is 2.53. The van der Waals surface area contributed by atoms with Gasteiger partial charge in [-0.1, -0.05) is 182 Å². The smallest absolute Gasteiger partial charge is 0.0640 e. The standard InChI is InChI=1S/C54H35NS2/c1-3-18-36(19-4-1)38-22-7-8-26-43(38)52-39(37-20-5-2-6-21-37)27-16-32-48(52)55(49-33-17-30-46-42-25-11-14-35-51(42)57-54(46)49)47-31-12-9-23-40(47)44-28-15-29-45-41-24-10-13-34-50(41)56-53(44)45/h1-35H. The molecule has 9 aromatic carbocycles. The van der Waals surface area contributed by atoms with Crippen LogP contribution in [0.5, 0.6) is 0 Å². The lowest BCUT2D eigenvalue weighted by atomic mass is 9.87. The van der Waals surface area contributed by atoms with Crippen LogP contribution in [0.3, 0.4) is 0 Å². The fraction of sp³-hybridized carbons (Fsp3) is 0. The van der Waals surface area contributed by atoms with Crippen LogP contribution < -0.4 is 4.90 Å². The fourth-order valence-corrected chi connectivity index (χ4v) is 11.0. The third kappa shape index (κ3) is 5.66. The summed E-state index contributed by atoms with van der Waals surface area (Å²) in [4.78, 5) is 2.56. The lowest BCUT2D eigenvalue weighted by Gasteiger charge is -2.32. The highest BCUT2D eigenvalue weighted by molar-refractivity contribution is 7.26. The molecule has 11 rings (SSSR count). The molecule has 0 saturated carbocycles. The topological polar surface area (TPSA) is 3.24 Å². The summed E-state index contributed by atoms with van der Waals surface area (Å²) in [7, 11) is 0. The Morgan fingerprint density at radius 3 is 1.42 bits per heavy atom. The van der Waals surface area contributed by atoms with E-state index in [0.29, 0.717) is 0 Å². The van der Waals surface area contributed by atoms with Crippen LogP contribution in [-0.2, 0) is 0 Å². The number of rotatable bonds is 7. The van der Waals surface area contributed by atoms with Crippen LogP contribution in [0, 0.1) is 0 Å². The molecule has 1 nitrogen and oxygen atoms in total. The van der Waals surface area contributed by atoms with Gasteiger partial charge in [0, 0.05) is 52.3 Å². The zero-order valence-corrected chi connectivity index (χ0v) is 32.6. The highest BCUT2D eigenvalue weighted by Gasteiger charge is 2.27. The number of fused-ring (bicyclic) bond motifs is 6. The average molecular weight is 762 g/mol. The summed E-state index contributed by atoms with van der Waals surface area (Å²) in [6, 6.07) is 77.7. The molecule has 57 heavy (non-hydrogen) atoms. The second kappa shape index (κ2) is 14.1. The minimum Gasteiger partial charge on any atom is -0.308 e. The Labute approximate surface area is 340 Å². The zero-order chi connectivity index (χ0) is 37.7. The molecule has 0 amide bonds. The van der Waals surface area contributed by atoms with Gasteiger partial charge in [0.2, 0.25) is 0 Å². The van der Waals surface area contributed by atoms with Crippen LogP contribution in [0.25, 0.3) is 84.9 Å². The van der Waals surface area contributed by atoms with Gasteiger partial charge in [0.15, 0.2) is 0 Å². The Bertz CT molecular complexity index is 3250. The maximum absolute atomic E-state index is 2.56. The number of anilines is 3. The molecule has 2 heterocycles. The number of benzene rings is 9. The van der Waals surface area contributed by atoms with E-state index in [4.69, 9.17) is 0 Å². The van der Waals surface area contributed by atoms with E-state index in [-0.39, 0.29) is 0 Å². The lowest BCUT2D eigenvalue weighted by Crippen LogP contribution is -2.13. The summed E-state index contributed by atoms with van der Waals surface area (Å²) < 4.78 is 5.16. The molecule has 0 bridgehead atoms. The SMILES string of the molecule is c1ccc(-c2ccccc2-c2c(-c3ccccc3)cccc2N(c2ccccc2-c2cccc3c2sc2ccccc23)c2cccc3c2sc2ccccc23)cc1. The largest absolute Gasteiger partial charge is 0.308 e. The van der Waals surface area contributed by atoms with Crippen molar-refractivity contribution < 1.29 is 0 Å². The molecule has 0 N–H and O–H groups in total. The van der Waals surface area contributed by atoms with E-state index in [0.717, 1.165) is 17.1 Å². The monoisotopic (exact) mass is 761 g/mol. The van der Waals surface area contributed by atoms with Crippen LogP contribution >= 0.6 is 22.7 Å². The van der Waals surface area contributed by atoms with E-state index in [1.807, 2.05) is 22.7 Å². The Morgan fingerprint density at radius 2 is 0.702 bits per heavy atom. The maximum atomic E-state index is 2.56.